The highest BCUT2D eigenvalue weighted by Gasteiger charge is 2.15. The van der Waals surface area contributed by atoms with E-state index in [1.807, 2.05) is 24.3 Å². The molecule has 0 unspecified atom stereocenters. The quantitative estimate of drug-likeness (QED) is 0.505. The van der Waals surface area contributed by atoms with Gasteiger partial charge in [-0.1, -0.05) is 12.1 Å². The molecule has 0 aliphatic carbocycles. The number of nitrogens with two attached hydrogens (primary N) is 1. The van der Waals surface area contributed by atoms with Crippen LogP contribution in [0.15, 0.2) is 40.9 Å². The third-order valence-corrected chi connectivity index (χ3v) is 3.45. The smallest absolute Gasteiger partial charge is 0.293 e. The van der Waals surface area contributed by atoms with E-state index >= 15 is 0 Å². The molecule has 7 heteroatoms. The fourth-order valence-corrected chi connectivity index (χ4v) is 2.16. The summed E-state index contributed by atoms with van der Waals surface area (Å²) in [6.45, 7) is 0.319. The minimum absolute atomic E-state index is 0.0629. The molecule has 21 heavy (non-hydrogen) atoms. The van der Waals surface area contributed by atoms with Gasteiger partial charge in [-0.3, -0.25) is 10.1 Å². The van der Waals surface area contributed by atoms with Crippen LogP contribution in [0.1, 0.15) is 5.56 Å². The molecule has 0 saturated carbocycles. The number of anilines is 1. The van der Waals surface area contributed by atoms with Gasteiger partial charge in [0.15, 0.2) is 0 Å². The molecule has 0 spiro atoms. The van der Waals surface area contributed by atoms with Crippen LogP contribution >= 0.6 is 15.9 Å². The molecule has 2 rings (SSSR count). The molecule has 0 atom stereocenters. The van der Waals surface area contributed by atoms with Crippen molar-refractivity contribution >= 4 is 27.3 Å². The average Bonchev–Trinajstić information content (AvgIpc) is 2.48. The number of rotatable bonds is 5. The molecule has 0 saturated heterocycles. The summed E-state index contributed by atoms with van der Waals surface area (Å²) >= 11 is 3.24. The van der Waals surface area contributed by atoms with E-state index < -0.39 is 4.92 Å². The van der Waals surface area contributed by atoms with Crippen molar-refractivity contribution in [3.8, 4) is 11.5 Å². The fourth-order valence-electron chi connectivity index (χ4n) is 1.71. The zero-order valence-corrected chi connectivity index (χ0v) is 12.8. The van der Waals surface area contributed by atoms with Gasteiger partial charge in [0.05, 0.1) is 16.5 Å². The Hall–Kier alpha value is -2.28. The second-order valence-electron chi connectivity index (χ2n) is 4.24. The van der Waals surface area contributed by atoms with Crippen molar-refractivity contribution < 1.29 is 14.4 Å². The first-order valence-electron chi connectivity index (χ1n) is 6.00. The van der Waals surface area contributed by atoms with E-state index in [2.05, 4.69) is 15.9 Å². The number of halogens is 1. The number of nitrogens with zero attached hydrogens (tertiary/aromatic N) is 1. The van der Waals surface area contributed by atoms with E-state index in [1.54, 1.807) is 7.11 Å². The van der Waals surface area contributed by atoms with E-state index in [4.69, 9.17) is 15.2 Å². The van der Waals surface area contributed by atoms with Crippen LogP contribution in [0, 0.1) is 10.1 Å². The minimum Gasteiger partial charge on any atom is -0.497 e. The molecule has 0 radical (unpaired) electrons. The van der Waals surface area contributed by atoms with Crippen LogP contribution in [0.25, 0.3) is 0 Å². The monoisotopic (exact) mass is 352 g/mol. The summed E-state index contributed by atoms with van der Waals surface area (Å²) in [7, 11) is 1.60. The zero-order valence-electron chi connectivity index (χ0n) is 11.2. The lowest BCUT2D eigenvalue weighted by Crippen LogP contribution is -2.00. The van der Waals surface area contributed by atoms with Crippen molar-refractivity contribution in [2.24, 2.45) is 0 Å². The molecule has 0 aliphatic heterocycles. The molecule has 0 aromatic heterocycles. The second kappa shape index (κ2) is 6.45. The number of methoxy groups -OCH3 is 1. The standard InChI is InChI=1S/C14H13BrN2O4/c1-20-10-4-2-9(3-5-10)8-21-14-7-12(16)13(17(18)19)6-11(14)15/h2-7H,8,16H2,1H3. The van der Waals surface area contributed by atoms with Crippen LogP contribution < -0.4 is 15.2 Å². The molecular formula is C14H13BrN2O4. The maximum absolute atomic E-state index is 10.8. The number of hydrogen-bond donors (Lipinski definition) is 1. The number of nitro benzene ring substituents is 1. The van der Waals surface area contributed by atoms with E-state index in [9.17, 15) is 10.1 Å². The van der Waals surface area contributed by atoms with E-state index in [0.29, 0.717) is 16.8 Å². The van der Waals surface area contributed by atoms with Gasteiger partial charge in [0.1, 0.15) is 23.8 Å². The third-order valence-electron chi connectivity index (χ3n) is 2.83. The van der Waals surface area contributed by atoms with Crippen LogP contribution in [0.5, 0.6) is 11.5 Å². The van der Waals surface area contributed by atoms with Gasteiger partial charge in [-0.2, -0.15) is 0 Å². The third kappa shape index (κ3) is 3.63. The normalized spacial score (nSPS) is 10.2. The van der Waals surface area contributed by atoms with Gasteiger partial charge in [0.25, 0.3) is 5.69 Å². The topological polar surface area (TPSA) is 87.6 Å². The van der Waals surface area contributed by atoms with Crippen molar-refractivity contribution in [2.75, 3.05) is 12.8 Å². The van der Waals surface area contributed by atoms with E-state index in [-0.39, 0.29) is 11.4 Å². The summed E-state index contributed by atoms with van der Waals surface area (Å²) in [5, 5.41) is 10.8. The highest BCUT2D eigenvalue weighted by atomic mass is 79.9. The average molecular weight is 353 g/mol. The molecule has 0 fully saturated rings. The molecule has 0 bridgehead atoms. The van der Waals surface area contributed by atoms with Crippen molar-refractivity contribution in [3.63, 3.8) is 0 Å². The van der Waals surface area contributed by atoms with Crippen LogP contribution in [0.3, 0.4) is 0 Å². The van der Waals surface area contributed by atoms with Crippen molar-refractivity contribution in [3.05, 3.63) is 56.5 Å². The van der Waals surface area contributed by atoms with Gasteiger partial charge in [-0.05, 0) is 33.6 Å². The Labute approximate surface area is 129 Å². The summed E-state index contributed by atoms with van der Waals surface area (Å²) in [6, 6.07) is 10.2. The molecule has 6 nitrogen and oxygen atoms in total. The summed E-state index contributed by atoms with van der Waals surface area (Å²) < 4.78 is 11.2. The van der Waals surface area contributed by atoms with Crippen molar-refractivity contribution in [1.82, 2.24) is 0 Å². The van der Waals surface area contributed by atoms with Crippen LogP contribution in [0.2, 0.25) is 0 Å². The van der Waals surface area contributed by atoms with Gasteiger partial charge in [0.2, 0.25) is 0 Å². The Morgan fingerprint density at radius 2 is 1.95 bits per heavy atom. The summed E-state index contributed by atoms with van der Waals surface area (Å²) in [6.07, 6.45) is 0. The lowest BCUT2D eigenvalue weighted by atomic mass is 10.2. The lowest BCUT2D eigenvalue weighted by Gasteiger charge is -2.10. The van der Waals surface area contributed by atoms with Gasteiger partial charge in [-0.25, -0.2) is 0 Å². The SMILES string of the molecule is COc1ccc(COc2cc(N)c([N+](=O)[O-])cc2Br)cc1. The summed E-state index contributed by atoms with van der Waals surface area (Å²) in [5.41, 5.74) is 6.49. The molecule has 2 aromatic rings. The lowest BCUT2D eigenvalue weighted by molar-refractivity contribution is -0.384. The van der Waals surface area contributed by atoms with E-state index in [0.717, 1.165) is 11.3 Å². The summed E-state index contributed by atoms with van der Waals surface area (Å²) in [5.74, 6) is 1.22. The van der Waals surface area contributed by atoms with Crippen molar-refractivity contribution in [2.45, 2.75) is 6.61 Å². The van der Waals surface area contributed by atoms with Gasteiger partial charge >= 0.3 is 0 Å². The maximum atomic E-state index is 10.8. The number of nitro groups is 1. The predicted octanol–water partition coefficient (Wildman–Crippen LogP) is 3.53. The van der Waals surface area contributed by atoms with Gasteiger partial charge in [-0.15, -0.1) is 0 Å². The fraction of sp³-hybridized carbons (Fsp3) is 0.143. The molecule has 0 amide bonds. The Kier molecular flexibility index (Phi) is 4.64. The Bertz CT molecular complexity index is 659. The first-order valence-corrected chi connectivity index (χ1v) is 6.79. The Morgan fingerprint density at radius 3 is 2.52 bits per heavy atom. The van der Waals surface area contributed by atoms with E-state index in [1.165, 1.54) is 12.1 Å². The highest BCUT2D eigenvalue weighted by Crippen LogP contribution is 2.34. The zero-order chi connectivity index (χ0) is 15.4. The molecule has 110 valence electrons. The highest BCUT2D eigenvalue weighted by molar-refractivity contribution is 9.10. The molecule has 0 heterocycles. The number of nitrogen functional groups attached to an aromatic ring is 1. The van der Waals surface area contributed by atoms with Crippen LogP contribution in [0.4, 0.5) is 11.4 Å². The Balaban J connectivity index is 2.12. The molecule has 2 aromatic carbocycles. The van der Waals surface area contributed by atoms with Crippen LogP contribution in [-0.4, -0.2) is 12.0 Å². The first kappa shape index (κ1) is 15.1. The predicted molar refractivity (Wildman–Crippen MR) is 82.5 cm³/mol. The van der Waals surface area contributed by atoms with Gasteiger partial charge < -0.3 is 15.2 Å². The van der Waals surface area contributed by atoms with Crippen LogP contribution in [-0.2, 0) is 6.61 Å². The summed E-state index contributed by atoms with van der Waals surface area (Å²) in [4.78, 5) is 10.2. The van der Waals surface area contributed by atoms with Crippen molar-refractivity contribution in [1.29, 1.82) is 0 Å². The number of benzene rings is 2. The minimum atomic E-state index is -0.534. The largest absolute Gasteiger partial charge is 0.497 e. The second-order valence-corrected chi connectivity index (χ2v) is 5.09. The Morgan fingerprint density at radius 1 is 1.29 bits per heavy atom. The molecule has 0 aliphatic rings. The van der Waals surface area contributed by atoms with Gasteiger partial charge in [0, 0.05) is 12.1 Å². The number of ether oxygens (including phenoxy) is 2. The maximum Gasteiger partial charge on any atom is 0.293 e. The number of hydrogen-bond acceptors (Lipinski definition) is 5. The molecular weight excluding hydrogens is 340 g/mol. The first-order chi connectivity index (χ1) is 10.0. The molecule has 2 N–H and O–H groups in total.